The molecule has 3 heteroatoms. The largest absolute Gasteiger partial charge is 0.207 e. The van der Waals surface area contributed by atoms with Gasteiger partial charge in [0.25, 0.3) is 0 Å². The van der Waals surface area contributed by atoms with Crippen molar-refractivity contribution in [1.82, 2.24) is 0 Å². The minimum absolute atomic E-state index is 0.209. The Morgan fingerprint density at radius 3 is 2.59 bits per heavy atom. The van der Waals surface area contributed by atoms with Crippen LogP contribution in [0.4, 0.5) is 4.39 Å². The molecule has 1 aromatic rings. The normalized spacial score (nSPS) is 18.6. The molecular formula is C14H15BrFN. The molecule has 0 aliphatic heterocycles. The fourth-order valence-electron chi connectivity index (χ4n) is 2.59. The molecule has 1 aliphatic rings. The zero-order valence-corrected chi connectivity index (χ0v) is 11.3. The highest BCUT2D eigenvalue weighted by Gasteiger charge is 2.32. The number of hydrogen-bond acceptors (Lipinski definition) is 1. The Kier molecular flexibility index (Phi) is 3.83. The number of hydrogen-bond donors (Lipinski definition) is 0. The van der Waals surface area contributed by atoms with Gasteiger partial charge in [-0.1, -0.05) is 41.3 Å². The van der Waals surface area contributed by atoms with Gasteiger partial charge in [-0.15, -0.1) is 0 Å². The number of benzene rings is 1. The number of halogens is 2. The second-order valence-corrected chi connectivity index (χ2v) is 5.78. The van der Waals surface area contributed by atoms with Gasteiger partial charge in [-0.3, -0.25) is 0 Å². The van der Waals surface area contributed by atoms with E-state index in [2.05, 4.69) is 22.0 Å². The van der Waals surface area contributed by atoms with Gasteiger partial charge >= 0.3 is 0 Å². The van der Waals surface area contributed by atoms with Gasteiger partial charge in [0.15, 0.2) is 0 Å². The molecule has 0 aromatic heterocycles. The maximum atomic E-state index is 13.8. The van der Waals surface area contributed by atoms with Crippen LogP contribution in [0.1, 0.15) is 37.7 Å². The summed E-state index contributed by atoms with van der Waals surface area (Å²) in [6, 6.07) is 7.53. The summed E-state index contributed by atoms with van der Waals surface area (Å²) in [5.74, 6) is -0.209. The molecule has 90 valence electrons. The summed E-state index contributed by atoms with van der Waals surface area (Å²) in [5, 5.41) is 9.37. The molecule has 1 aliphatic carbocycles. The van der Waals surface area contributed by atoms with Gasteiger partial charge in [-0.25, -0.2) is 4.39 Å². The lowest BCUT2D eigenvalue weighted by atomic mass is 9.71. The fraction of sp³-hybridized carbons (Fsp3) is 0.500. The van der Waals surface area contributed by atoms with Crippen LogP contribution in [0.15, 0.2) is 22.7 Å². The van der Waals surface area contributed by atoms with Gasteiger partial charge in [0.05, 0.1) is 11.5 Å². The summed E-state index contributed by atoms with van der Waals surface area (Å²) in [4.78, 5) is 0. The first-order chi connectivity index (χ1) is 8.15. The lowest BCUT2D eigenvalue weighted by Gasteiger charge is -2.30. The lowest BCUT2D eigenvalue weighted by Crippen LogP contribution is -2.25. The fourth-order valence-corrected chi connectivity index (χ4v) is 2.92. The molecule has 0 saturated heterocycles. The maximum Gasteiger partial charge on any atom is 0.127 e. The van der Waals surface area contributed by atoms with E-state index >= 15 is 0 Å². The Hall–Kier alpha value is -0.880. The standard InChI is InChI=1S/C14H15BrFN/c15-12-5-4-11(13(16)8-12)9-14(10-17)6-2-1-3-7-14/h4-5,8H,1-3,6-7,9H2. The predicted molar refractivity (Wildman–Crippen MR) is 68.9 cm³/mol. The zero-order valence-electron chi connectivity index (χ0n) is 9.68. The van der Waals surface area contributed by atoms with Gasteiger partial charge < -0.3 is 0 Å². The average Bonchev–Trinajstić information content (AvgIpc) is 2.34. The van der Waals surface area contributed by atoms with Crippen molar-refractivity contribution in [2.75, 3.05) is 0 Å². The Bertz CT molecular complexity index is 444. The first kappa shape index (κ1) is 12.6. The minimum atomic E-state index is -0.340. The minimum Gasteiger partial charge on any atom is -0.207 e. The van der Waals surface area contributed by atoms with Gasteiger partial charge in [-0.05, 0) is 37.0 Å². The lowest BCUT2D eigenvalue weighted by molar-refractivity contribution is 0.263. The smallest absolute Gasteiger partial charge is 0.127 e. The summed E-state index contributed by atoms with van der Waals surface area (Å²) >= 11 is 3.25. The van der Waals surface area contributed by atoms with Crippen LogP contribution in [-0.4, -0.2) is 0 Å². The van der Waals surface area contributed by atoms with E-state index in [1.807, 2.05) is 6.07 Å². The molecule has 0 heterocycles. The summed E-state index contributed by atoms with van der Waals surface area (Å²) in [6.07, 6.45) is 5.73. The molecule has 0 radical (unpaired) electrons. The van der Waals surface area contributed by atoms with Crippen molar-refractivity contribution in [1.29, 1.82) is 5.26 Å². The van der Waals surface area contributed by atoms with E-state index in [-0.39, 0.29) is 11.2 Å². The predicted octanol–water partition coefficient (Wildman–Crippen LogP) is 4.60. The van der Waals surface area contributed by atoms with E-state index in [0.717, 1.165) is 30.2 Å². The Morgan fingerprint density at radius 2 is 2.00 bits per heavy atom. The van der Waals surface area contributed by atoms with Crippen molar-refractivity contribution < 1.29 is 4.39 Å². The van der Waals surface area contributed by atoms with Crippen LogP contribution < -0.4 is 0 Å². The number of nitriles is 1. The third-order valence-electron chi connectivity index (χ3n) is 3.59. The van der Waals surface area contributed by atoms with Crippen LogP contribution >= 0.6 is 15.9 Å². The molecule has 1 saturated carbocycles. The molecule has 1 aromatic carbocycles. The highest BCUT2D eigenvalue weighted by molar-refractivity contribution is 9.10. The van der Waals surface area contributed by atoms with Crippen LogP contribution in [0.5, 0.6) is 0 Å². The van der Waals surface area contributed by atoms with Crippen molar-refractivity contribution in [2.45, 2.75) is 38.5 Å². The molecule has 0 N–H and O–H groups in total. The SMILES string of the molecule is N#CC1(Cc2ccc(Br)cc2F)CCCCC1. The molecule has 0 spiro atoms. The maximum absolute atomic E-state index is 13.8. The van der Waals surface area contributed by atoms with Crippen LogP contribution in [0.25, 0.3) is 0 Å². The van der Waals surface area contributed by atoms with E-state index in [1.165, 1.54) is 12.5 Å². The van der Waals surface area contributed by atoms with Gasteiger partial charge in [0.1, 0.15) is 5.82 Å². The molecule has 17 heavy (non-hydrogen) atoms. The molecule has 0 atom stereocenters. The van der Waals surface area contributed by atoms with Gasteiger partial charge in [-0.2, -0.15) is 5.26 Å². The van der Waals surface area contributed by atoms with Crippen molar-refractivity contribution in [3.8, 4) is 6.07 Å². The van der Waals surface area contributed by atoms with E-state index in [0.29, 0.717) is 12.0 Å². The van der Waals surface area contributed by atoms with E-state index in [1.54, 1.807) is 6.07 Å². The monoisotopic (exact) mass is 295 g/mol. The average molecular weight is 296 g/mol. The Labute approximate surface area is 110 Å². The molecule has 2 rings (SSSR count). The van der Waals surface area contributed by atoms with E-state index in [9.17, 15) is 9.65 Å². The highest BCUT2D eigenvalue weighted by atomic mass is 79.9. The second kappa shape index (κ2) is 5.18. The highest BCUT2D eigenvalue weighted by Crippen LogP contribution is 2.39. The van der Waals surface area contributed by atoms with Gasteiger partial charge in [0.2, 0.25) is 0 Å². The van der Waals surface area contributed by atoms with Crippen molar-refractivity contribution in [3.05, 3.63) is 34.1 Å². The Balaban J connectivity index is 2.21. The summed E-state index contributed by atoms with van der Waals surface area (Å²) in [7, 11) is 0. The van der Waals surface area contributed by atoms with Crippen LogP contribution in [0, 0.1) is 22.6 Å². The Morgan fingerprint density at radius 1 is 1.29 bits per heavy atom. The van der Waals surface area contributed by atoms with Crippen molar-refractivity contribution in [3.63, 3.8) is 0 Å². The first-order valence-electron chi connectivity index (χ1n) is 6.00. The van der Waals surface area contributed by atoms with Crippen LogP contribution in [0.2, 0.25) is 0 Å². The summed E-state index contributed by atoms with van der Waals surface area (Å²) in [6.45, 7) is 0. The zero-order chi connectivity index (χ0) is 12.3. The van der Waals surface area contributed by atoms with Gasteiger partial charge in [0, 0.05) is 4.47 Å². The molecule has 1 nitrogen and oxygen atoms in total. The summed E-state index contributed by atoms with van der Waals surface area (Å²) in [5.41, 5.74) is 0.323. The van der Waals surface area contributed by atoms with Crippen LogP contribution in [0.3, 0.4) is 0 Å². The third-order valence-corrected chi connectivity index (χ3v) is 4.09. The molecule has 1 fully saturated rings. The second-order valence-electron chi connectivity index (χ2n) is 4.87. The quantitative estimate of drug-likeness (QED) is 0.782. The number of nitrogens with zero attached hydrogens (tertiary/aromatic N) is 1. The third kappa shape index (κ3) is 2.87. The number of rotatable bonds is 2. The van der Waals surface area contributed by atoms with Crippen molar-refractivity contribution in [2.24, 2.45) is 5.41 Å². The van der Waals surface area contributed by atoms with Crippen molar-refractivity contribution >= 4 is 15.9 Å². The molecule has 0 bridgehead atoms. The molecule has 0 unspecified atom stereocenters. The molecular weight excluding hydrogens is 281 g/mol. The van der Waals surface area contributed by atoms with E-state index < -0.39 is 0 Å². The molecule has 0 amide bonds. The van der Waals surface area contributed by atoms with E-state index in [4.69, 9.17) is 0 Å². The topological polar surface area (TPSA) is 23.8 Å². The first-order valence-corrected chi connectivity index (χ1v) is 6.80. The summed E-state index contributed by atoms with van der Waals surface area (Å²) < 4.78 is 14.5. The van der Waals surface area contributed by atoms with Crippen LogP contribution in [-0.2, 0) is 6.42 Å².